The van der Waals surface area contributed by atoms with Gasteiger partial charge in [-0.2, -0.15) is 0 Å². The van der Waals surface area contributed by atoms with Crippen molar-refractivity contribution in [2.24, 2.45) is 0 Å². The summed E-state index contributed by atoms with van der Waals surface area (Å²) in [6.45, 7) is 0. The second kappa shape index (κ2) is 10.4. The number of hydrogen-bond donors (Lipinski definition) is 0. The summed E-state index contributed by atoms with van der Waals surface area (Å²) >= 11 is 26.7. The molecule has 0 saturated carbocycles. The highest BCUT2D eigenvalue weighted by atomic mass is 35.5. The van der Waals surface area contributed by atoms with Gasteiger partial charge in [-0.15, -0.1) is 23.5 Å². The number of benzene rings is 2. The van der Waals surface area contributed by atoms with Gasteiger partial charge in [0.15, 0.2) is 0 Å². The molecule has 2 heterocycles. The first-order chi connectivity index (χ1) is 16.2. The Balaban J connectivity index is 1.48. The molecule has 0 radical (unpaired) electrons. The smallest absolute Gasteiger partial charge is 0.269 e. The second-order valence-corrected chi connectivity index (χ2v) is 10.8. The summed E-state index contributed by atoms with van der Waals surface area (Å²) in [5, 5.41) is 0.593. The maximum Gasteiger partial charge on any atom is 0.277 e. The summed E-state index contributed by atoms with van der Waals surface area (Å²) in [5.74, 6) is -1.15. The predicted octanol–water partition coefficient (Wildman–Crippen LogP) is 5.87. The number of nitrogens with zero attached hydrogens (tertiary/aromatic N) is 2. The van der Waals surface area contributed by atoms with Crippen molar-refractivity contribution in [1.82, 2.24) is 0 Å². The van der Waals surface area contributed by atoms with Crippen LogP contribution in [0.1, 0.15) is 0 Å². The van der Waals surface area contributed by atoms with Gasteiger partial charge in [-0.1, -0.05) is 46.4 Å². The molecule has 2 aliphatic rings. The SMILES string of the molecule is O=C1C=C(Cl)C(=O)N1c1ccc(Cl)cc1SCCSc1cc(Cl)ccc1N1C(=O)C=C(Cl)C1=O. The normalized spacial score (nSPS) is 16.0. The van der Waals surface area contributed by atoms with Gasteiger partial charge in [0.2, 0.25) is 0 Å². The topological polar surface area (TPSA) is 74.8 Å². The summed E-state index contributed by atoms with van der Waals surface area (Å²) < 4.78 is 0. The maximum atomic E-state index is 12.3. The van der Waals surface area contributed by atoms with E-state index < -0.39 is 23.6 Å². The van der Waals surface area contributed by atoms with E-state index in [1.54, 1.807) is 36.4 Å². The molecule has 0 atom stereocenters. The highest BCUT2D eigenvalue weighted by Crippen LogP contribution is 2.39. The van der Waals surface area contributed by atoms with Crippen LogP contribution in [0.25, 0.3) is 0 Å². The Morgan fingerprint density at radius 1 is 0.618 bits per heavy atom. The molecule has 0 spiro atoms. The van der Waals surface area contributed by atoms with Crippen LogP contribution in [0.4, 0.5) is 11.4 Å². The third-order valence-electron chi connectivity index (χ3n) is 4.68. The van der Waals surface area contributed by atoms with E-state index in [4.69, 9.17) is 46.4 Å². The highest BCUT2D eigenvalue weighted by Gasteiger charge is 2.34. The molecule has 0 unspecified atom stereocenters. The molecular weight excluding hydrogens is 562 g/mol. The molecule has 174 valence electrons. The van der Waals surface area contributed by atoms with Crippen LogP contribution in [0.5, 0.6) is 0 Å². The molecule has 34 heavy (non-hydrogen) atoms. The molecule has 2 aliphatic heterocycles. The first-order valence-corrected chi connectivity index (χ1v) is 13.0. The number of anilines is 2. The van der Waals surface area contributed by atoms with Crippen LogP contribution in [0.3, 0.4) is 0 Å². The van der Waals surface area contributed by atoms with Crippen LogP contribution < -0.4 is 9.80 Å². The molecule has 12 heteroatoms. The fraction of sp³-hybridized carbons (Fsp3) is 0.0909. The summed E-state index contributed by atoms with van der Waals surface area (Å²) in [7, 11) is 0. The van der Waals surface area contributed by atoms with Crippen molar-refractivity contribution >= 4 is 105 Å². The summed E-state index contributed by atoms with van der Waals surface area (Å²) in [5.41, 5.74) is 0.775. The van der Waals surface area contributed by atoms with E-state index in [1.165, 1.54) is 23.5 Å². The van der Waals surface area contributed by atoms with E-state index in [-0.39, 0.29) is 10.1 Å². The number of thioether (sulfide) groups is 2. The minimum absolute atomic E-state index is 0.152. The Morgan fingerprint density at radius 2 is 1.00 bits per heavy atom. The number of carbonyl (C=O) groups excluding carboxylic acids is 4. The van der Waals surface area contributed by atoms with Gasteiger partial charge >= 0.3 is 0 Å². The largest absolute Gasteiger partial charge is 0.277 e. The predicted molar refractivity (Wildman–Crippen MR) is 137 cm³/mol. The summed E-state index contributed by atoms with van der Waals surface area (Å²) in [6, 6.07) is 9.69. The van der Waals surface area contributed by atoms with Crippen molar-refractivity contribution < 1.29 is 19.2 Å². The van der Waals surface area contributed by atoms with Crippen molar-refractivity contribution in [1.29, 1.82) is 0 Å². The number of hydrogen-bond acceptors (Lipinski definition) is 6. The van der Waals surface area contributed by atoms with Crippen molar-refractivity contribution in [3.05, 3.63) is 68.7 Å². The first-order valence-electron chi connectivity index (χ1n) is 9.53. The van der Waals surface area contributed by atoms with Gasteiger partial charge in [0.1, 0.15) is 10.1 Å². The summed E-state index contributed by atoms with van der Waals surface area (Å²) in [6.07, 6.45) is 2.15. The van der Waals surface area contributed by atoms with Crippen molar-refractivity contribution in [3.63, 3.8) is 0 Å². The lowest BCUT2D eigenvalue weighted by molar-refractivity contribution is -0.121. The van der Waals surface area contributed by atoms with Crippen LogP contribution >= 0.6 is 69.9 Å². The molecule has 0 aromatic heterocycles. The number of amides is 4. The van der Waals surface area contributed by atoms with Crippen molar-refractivity contribution in [2.75, 3.05) is 21.3 Å². The van der Waals surface area contributed by atoms with Crippen LogP contribution in [0.2, 0.25) is 10.0 Å². The molecule has 6 nitrogen and oxygen atoms in total. The molecule has 0 fully saturated rings. The van der Waals surface area contributed by atoms with E-state index >= 15 is 0 Å². The maximum absolute atomic E-state index is 12.3. The van der Waals surface area contributed by atoms with Crippen molar-refractivity contribution in [3.8, 4) is 0 Å². The van der Waals surface area contributed by atoms with Crippen LogP contribution in [-0.4, -0.2) is 35.1 Å². The average molecular weight is 574 g/mol. The van der Waals surface area contributed by atoms with Gasteiger partial charge in [-0.05, 0) is 36.4 Å². The molecular formula is C22H12Cl4N2O4S2. The van der Waals surface area contributed by atoms with E-state index in [1.807, 2.05) is 0 Å². The molecule has 0 aliphatic carbocycles. The number of imide groups is 2. The Kier molecular flexibility index (Phi) is 7.66. The van der Waals surface area contributed by atoms with Gasteiger partial charge in [0.25, 0.3) is 23.6 Å². The Hall–Kier alpha value is -1.94. The Morgan fingerprint density at radius 3 is 1.32 bits per heavy atom. The van der Waals surface area contributed by atoms with Gasteiger partial charge in [0.05, 0.1) is 11.4 Å². The van der Waals surface area contributed by atoms with Crippen LogP contribution in [0.15, 0.2) is 68.4 Å². The lowest BCUT2D eigenvalue weighted by Crippen LogP contribution is -2.30. The molecule has 0 saturated heterocycles. The van der Waals surface area contributed by atoms with Gasteiger partial charge in [0, 0.05) is 43.5 Å². The van der Waals surface area contributed by atoms with Crippen LogP contribution in [0, 0.1) is 0 Å². The number of carbonyl (C=O) groups is 4. The Labute approximate surface area is 222 Å². The van der Waals surface area contributed by atoms with Gasteiger partial charge < -0.3 is 0 Å². The third-order valence-corrected chi connectivity index (χ3v) is 8.04. The monoisotopic (exact) mass is 572 g/mol. The zero-order valence-electron chi connectivity index (χ0n) is 16.9. The molecule has 2 aromatic carbocycles. The number of halogens is 4. The standard InChI is InChI=1S/C22H12Cl4N2O4S2/c23-11-1-3-15(27-19(29)9-13(25)21(27)31)17(7-11)33-5-6-34-18-8-12(24)2-4-16(18)28-20(30)10-14(26)22(28)32/h1-4,7-10H,5-6H2. The average Bonchev–Trinajstić information content (AvgIpc) is 3.18. The zero-order chi connectivity index (χ0) is 24.6. The van der Waals surface area contributed by atoms with Crippen molar-refractivity contribution in [2.45, 2.75) is 9.79 Å². The fourth-order valence-electron chi connectivity index (χ4n) is 3.22. The lowest BCUT2D eigenvalue weighted by atomic mass is 10.3. The molecule has 2 aromatic rings. The van der Waals surface area contributed by atoms with E-state index in [0.29, 0.717) is 42.7 Å². The van der Waals surface area contributed by atoms with Gasteiger partial charge in [-0.25, -0.2) is 9.80 Å². The minimum atomic E-state index is -0.596. The van der Waals surface area contributed by atoms with Crippen LogP contribution in [-0.2, 0) is 19.2 Å². The third kappa shape index (κ3) is 5.03. The van der Waals surface area contributed by atoms with Gasteiger partial charge in [-0.3, -0.25) is 19.2 Å². The summed E-state index contributed by atoms with van der Waals surface area (Å²) in [4.78, 5) is 52.3. The van der Waals surface area contributed by atoms with E-state index in [9.17, 15) is 19.2 Å². The molecule has 0 bridgehead atoms. The number of rotatable bonds is 7. The molecule has 4 amide bonds. The quantitative estimate of drug-likeness (QED) is 0.234. The fourth-order valence-corrected chi connectivity index (χ4v) is 6.19. The minimum Gasteiger partial charge on any atom is -0.269 e. The zero-order valence-corrected chi connectivity index (χ0v) is 21.5. The highest BCUT2D eigenvalue weighted by molar-refractivity contribution is 8.03. The lowest BCUT2D eigenvalue weighted by Gasteiger charge is -2.19. The Bertz CT molecular complexity index is 1210. The molecule has 0 N–H and O–H groups in total. The molecule has 4 rings (SSSR count). The van der Waals surface area contributed by atoms with E-state index in [2.05, 4.69) is 0 Å². The first kappa shape index (κ1) is 25.2. The second-order valence-electron chi connectivity index (χ2n) is 6.86. The van der Waals surface area contributed by atoms with E-state index in [0.717, 1.165) is 22.0 Å².